The van der Waals surface area contributed by atoms with E-state index in [0.717, 1.165) is 18.4 Å². The summed E-state index contributed by atoms with van der Waals surface area (Å²) in [6, 6.07) is 11.7. The molecule has 0 saturated carbocycles. The zero-order valence-electron chi connectivity index (χ0n) is 13.6. The molecule has 0 aromatic heterocycles. The van der Waals surface area contributed by atoms with Crippen molar-refractivity contribution in [2.24, 2.45) is 0 Å². The van der Waals surface area contributed by atoms with Crippen molar-refractivity contribution in [2.75, 3.05) is 27.3 Å². The molecule has 3 nitrogen and oxygen atoms in total. The summed E-state index contributed by atoms with van der Waals surface area (Å²) in [4.78, 5) is 2.33. The van der Waals surface area contributed by atoms with Crippen molar-refractivity contribution in [1.29, 1.82) is 0 Å². The van der Waals surface area contributed by atoms with Crippen molar-refractivity contribution >= 4 is 10.8 Å². The van der Waals surface area contributed by atoms with Crippen LogP contribution in [0.1, 0.15) is 23.6 Å². The lowest BCUT2D eigenvalue weighted by molar-refractivity contribution is -0.148. The summed E-state index contributed by atoms with van der Waals surface area (Å²) in [6.07, 6.45) is 2.22. The normalized spacial score (nSPS) is 23.4. The second-order valence-corrected chi connectivity index (χ2v) is 6.78. The molecule has 0 spiro atoms. The van der Waals surface area contributed by atoms with E-state index in [1.807, 2.05) is 6.92 Å². The topological polar surface area (TPSA) is 21.7 Å². The first-order valence-corrected chi connectivity index (χ1v) is 8.07. The Hall–Kier alpha value is -1.42. The molecule has 3 heteroatoms. The SMILES string of the molecule is CN(C)C1Cc2cccc3c(C4(C)OCCO4)ccc(c23)C1. The number of ether oxygens (including phenoxy) is 2. The highest BCUT2D eigenvalue weighted by molar-refractivity contribution is 5.93. The minimum absolute atomic E-state index is 0.582. The zero-order valence-corrected chi connectivity index (χ0v) is 13.6. The van der Waals surface area contributed by atoms with Crippen molar-refractivity contribution in [1.82, 2.24) is 4.90 Å². The Labute approximate surface area is 131 Å². The Morgan fingerprint density at radius 2 is 1.68 bits per heavy atom. The Kier molecular flexibility index (Phi) is 3.26. The van der Waals surface area contributed by atoms with E-state index in [4.69, 9.17) is 9.47 Å². The van der Waals surface area contributed by atoms with Crippen LogP contribution in [0.15, 0.2) is 30.3 Å². The molecule has 1 atom stereocenters. The van der Waals surface area contributed by atoms with Crippen LogP contribution in [0.2, 0.25) is 0 Å². The Morgan fingerprint density at radius 1 is 1.00 bits per heavy atom. The monoisotopic (exact) mass is 297 g/mol. The Balaban J connectivity index is 1.89. The summed E-state index contributed by atoms with van der Waals surface area (Å²) < 4.78 is 11.8. The maximum absolute atomic E-state index is 5.89. The zero-order chi connectivity index (χ0) is 15.3. The second kappa shape index (κ2) is 5.05. The smallest absolute Gasteiger partial charge is 0.192 e. The summed E-state index contributed by atoms with van der Waals surface area (Å²) in [7, 11) is 4.34. The van der Waals surface area contributed by atoms with Gasteiger partial charge in [0, 0.05) is 11.6 Å². The van der Waals surface area contributed by atoms with Crippen molar-refractivity contribution in [3.8, 4) is 0 Å². The van der Waals surface area contributed by atoms with E-state index in [1.165, 1.54) is 21.9 Å². The average molecular weight is 297 g/mol. The van der Waals surface area contributed by atoms with Crippen molar-refractivity contribution in [3.05, 3.63) is 47.0 Å². The first kappa shape index (κ1) is 14.2. The molecule has 1 unspecified atom stereocenters. The summed E-state index contributed by atoms with van der Waals surface area (Å²) >= 11 is 0. The third-order valence-corrected chi connectivity index (χ3v) is 5.18. The minimum Gasteiger partial charge on any atom is -0.344 e. The lowest BCUT2D eigenvalue weighted by atomic mass is 9.83. The molecule has 0 amide bonds. The summed E-state index contributed by atoms with van der Waals surface area (Å²) in [5.74, 6) is -0.602. The van der Waals surface area contributed by atoms with Gasteiger partial charge in [0.15, 0.2) is 5.79 Å². The van der Waals surface area contributed by atoms with E-state index in [0.29, 0.717) is 19.3 Å². The first-order chi connectivity index (χ1) is 10.6. The van der Waals surface area contributed by atoms with Crippen molar-refractivity contribution in [3.63, 3.8) is 0 Å². The molecule has 4 rings (SSSR count). The largest absolute Gasteiger partial charge is 0.344 e. The summed E-state index contributed by atoms with van der Waals surface area (Å²) in [6.45, 7) is 3.37. The summed E-state index contributed by atoms with van der Waals surface area (Å²) in [5, 5.41) is 2.70. The molecule has 22 heavy (non-hydrogen) atoms. The molecule has 116 valence electrons. The van der Waals surface area contributed by atoms with Crippen LogP contribution in [0.3, 0.4) is 0 Å². The van der Waals surface area contributed by atoms with Gasteiger partial charge in [-0.15, -0.1) is 0 Å². The van der Waals surface area contributed by atoms with Gasteiger partial charge >= 0.3 is 0 Å². The number of hydrogen-bond donors (Lipinski definition) is 0. The van der Waals surface area contributed by atoms with Crippen LogP contribution in [0.25, 0.3) is 10.8 Å². The van der Waals surface area contributed by atoms with Gasteiger partial charge in [-0.1, -0.05) is 30.3 Å². The fourth-order valence-corrected chi connectivity index (χ4v) is 3.91. The molecule has 2 aromatic rings. The quantitative estimate of drug-likeness (QED) is 0.850. The van der Waals surface area contributed by atoms with E-state index >= 15 is 0 Å². The standard InChI is InChI=1S/C19H23NO2/c1-19(21-9-10-22-19)17-8-7-14-12-15(20(2)3)11-13-5-4-6-16(17)18(13)14/h4-8,15H,9-12H2,1-3H3. The van der Waals surface area contributed by atoms with E-state index in [-0.39, 0.29) is 0 Å². The molecule has 1 aliphatic heterocycles. The van der Waals surface area contributed by atoms with Crippen LogP contribution < -0.4 is 0 Å². The minimum atomic E-state index is -0.602. The Bertz CT molecular complexity index is 704. The summed E-state index contributed by atoms with van der Waals surface area (Å²) in [5.41, 5.74) is 4.05. The molecule has 2 aliphatic rings. The third kappa shape index (κ3) is 2.08. The predicted molar refractivity (Wildman–Crippen MR) is 88.1 cm³/mol. The fraction of sp³-hybridized carbons (Fsp3) is 0.474. The molecular formula is C19H23NO2. The van der Waals surface area contributed by atoms with Gasteiger partial charge in [0.2, 0.25) is 0 Å². The molecule has 2 aromatic carbocycles. The van der Waals surface area contributed by atoms with E-state index in [1.54, 1.807) is 0 Å². The third-order valence-electron chi connectivity index (χ3n) is 5.18. The van der Waals surface area contributed by atoms with Crippen molar-refractivity contribution < 1.29 is 9.47 Å². The maximum Gasteiger partial charge on any atom is 0.192 e. The van der Waals surface area contributed by atoms with Gasteiger partial charge in [-0.2, -0.15) is 0 Å². The Morgan fingerprint density at radius 3 is 2.36 bits per heavy atom. The van der Waals surface area contributed by atoms with E-state index in [2.05, 4.69) is 49.3 Å². The van der Waals surface area contributed by atoms with E-state index in [9.17, 15) is 0 Å². The van der Waals surface area contributed by atoms with E-state index < -0.39 is 5.79 Å². The van der Waals surface area contributed by atoms with Crippen LogP contribution in [0.4, 0.5) is 0 Å². The fourth-order valence-electron chi connectivity index (χ4n) is 3.91. The number of rotatable bonds is 2. The van der Waals surface area contributed by atoms with Gasteiger partial charge in [0.05, 0.1) is 13.2 Å². The average Bonchev–Trinajstić information content (AvgIpc) is 2.95. The molecule has 0 N–H and O–H groups in total. The van der Waals surface area contributed by atoms with Crippen LogP contribution in [0.5, 0.6) is 0 Å². The van der Waals surface area contributed by atoms with Gasteiger partial charge in [-0.3, -0.25) is 0 Å². The van der Waals surface area contributed by atoms with Crippen LogP contribution >= 0.6 is 0 Å². The van der Waals surface area contributed by atoms with Crippen LogP contribution in [0, 0.1) is 0 Å². The maximum atomic E-state index is 5.89. The molecule has 1 fully saturated rings. The van der Waals surface area contributed by atoms with Gasteiger partial charge < -0.3 is 14.4 Å². The second-order valence-electron chi connectivity index (χ2n) is 6.78. The highest BCUT2D eigenvalue weighted by atomic mass is 16.7. The van der Waals surface area contributed by atoms with Gasteiger partial charge in [-0.25, -0.2) is 0 Å². The molecule has 1 aliphatic carbocycles. The van der Waals surface area contributed by atoms with Gasteiger partial charge in [0.1, 0.15) is 0 Å². The molecular weight excluding hydrogens is 274 g/mol. The number of likely N-dealkylation sites (N-methyl/N-ethyl adjacent to an activating group) is 1. The lowest BCUT2D eigenvalue weighted by Crippen LogP contribution is -2.34. The molecule has 0 radical (unpaired) electrons. The van der Waals surface area contributed by atoms with Crippen molar-refractivity contribution in [2.45, 2.75) is 31.6 Å². The number of nitrogens with zero attached hydrogens (tertiary/aromatic N) is 1. The van der Waals surface area contributed by atoms with Gasteiger partial charge in [0.25, 0.3) is 0 Å². The lowest BCUT2D eigenvalue weighted by Gasteiger charge is -2.32. The molecule has 1 heterocycles. The highest BCUT2D eigenvalue weighted by Gasteiger charge is 2.35. The number of hydrogen-bond acceptors (Lipinski definition) is 3. The van der Waals surface area contributed by atoms with Crippen LogP contribution in [-0.2, 0) is 28.1 Å². The first-order valence-electron chi connectivity index (χ1n) is 8.07. The van der Waals surface area contributed by atoms with Crippen LogP contribution in [-0.4, -0.2) is 38.3 Å². The highest BCUT2D eigenvalue weighted by Crippen LogP contribution is 2.40. The molecule has 1 saturated heterocycles. The van der Waals surface area contributed by atoms with Gasteiger partial charge in [-0.05, 0) is 55.8 Å². The number of benzene rings is 2. The predicted octanol–water partition coefficient (Wildman–Crippen LogP) is 3.09. The molecule has 0 bridgehead atoms.